The van der Waals surface area contributed by atoms with Crippen LogP contribution in [0.25, 0.3) is 0 Å². The third-order valence-corrected chi connectivity index (χ3v) is 4.40. The van der Waals surface area contributed by atoms with E-state index in [1.807, 2.05) is 66.7 Å². The summed E-state index contributed by atoms with van der Waals surface area (Å²) in [7, 11) is -2.25. The maximum absolute atomic E-state index is 11.7. The van der Waals surface area contributed by atoms with Gasteiger partial charge in [0.25, 0.3) is 0 Å². The number of nitrogens with two attached hydrogens (primary N) is 1. The molecule has 4 heteroatoms. The summed E-state index contributed by atoms with van der Waals surface area (Å²) in [5, 5.41) is 0.863. The molecule has 1 radical (unpaired) electrons. The van der Waals surface area contributed by atoms with E-state index < -0.39 is 7.14 Å². The van der Waals surface area contributed by atoms with E-state index in [-0.39, 0.29) is 24.8 Å². The van der Waals surface area contributed by atoms with Crippen LogP contribution in [0.5, 0.6) is 0 Å². The Morgan fingerprint density at radius 1 is 0.889 bits per heavy atom. The Labute approximate surface area is 121 Å². The molecule has 2 N–H and O–H groups in total. The zero-order chi connectivity index (χ0) is 12.6. The summed E-state index contributed by atoms with van der Waals surface area (Å²) >= 11 is 0. The maximum atomic E-state index is 11.7. The standard InChI is InChI=1S/C8H12NOP.C6H6.V/c1-11(10,7-9)8-5-3-2-4-6-8;1-2-4-6-5-3-1;/h2-6H,7,9H2,1H3;1-6H;. The summed E-state index contributed by atoms with van der Waals surface area (Å²) < 4.78 is 11.7. The molecule has 0 heterocycles. The first-order valence-electron chi connectivity index (χ1n) is 5.49. The Hall–Kier alpha value is -0.786. The van der Waals surface area contributed by atoms with Crippen molar-refractivity contribution in [2.75, 3.05) is 13.0 Å². The molecule has 95 valence electrons. The molecule has 0 spiro atoms. The summed E-state index contributed by atoms with van der Waals surface area (Å²) in [6.45, 7) is 1.71. The quantitative estimate of drug-likeness (QED) is 0.866. The molecule has 0 amide bonds. The molecule has 0 aliphatic heterocycles. The molecular formula is C14H18NOPV. The van der Waals surface area contributed by atoms with E-state index in [1.165, 1.54) is 0 Å². The van der Waals surface area contributed by atoms with Gasteiger partial charge in [-0.1, -0.05) is 66.7 Å². The van der Waals surface area contributed by atoms with Crippen LogP contribution in [0.4, 0.5) is 0 Å². The first-order valence-corrected chi connectivity index (χ1v) is 7.83. The average Bonchev–Trinajstić information content (AvgIpc) is 2.42. The van der Waals surface area contributed by atoms with Crippen LogP contribution in [0, 0.1) is 0 Å². The fraction of sp³-hybridized carbons (Fsp3) is 0.143. The molecule has 18 heavy (non-hydrogen) atoms. The molecule has 0 saturated carbocycles. The smallest absolute Gasteiger partial charge is 0.125 e. The van der Waals surface area contributed by atoms with Crippen LogP contribution in [0.2, 0.25) is 0 Å². The van der Waals surface area contributed by atoms with Crippen LogP contribution in [0.1, 0.15) is 0 Å². The maximum Gasteiger partial charge on any atom is 0.125 e. The molecule has 0 fully saturated rings. The zero-order valence-corrected chi connectivity index (χ0v) is 12.7. The SMILES string of the molecule is CP(=O)(CN)c1ccccc1.[V].c1ccccc1. The monoisotopic (exact) mass is 298 g/mol. The van der Waals surface area contributed by atoms with Crippen molar-refractivity contribution in [2.45, 2.75) is 0 Å². The molecule has 0 aliphatic rings. The predicted molar refractivity (Wildman–Crippen MR) is 75.1 cm³/mol. The minimum absolute atomic E-state index is 0. The predicted octanol–water partition coefficient (Wildman–Crippen LogP) is 2.91. The van der Waals surface area contributed by atoms with Crippen molar-refractivity contribution in [1.29, 1.82) is 0 Å². The summed E-state index contributed by atoms with van der Waals surface area (Å²) in [5.74, 6) is 0. The third kappa shape index (κ3) is 6.23. The second kappa shape index (κ2) is 9.19. The summed E-state index contributed by atoms with van der Waals surface area (Å²) in [5.41, 5.74) is 5.38. The van der Waals surface area contributed by atoms with Crippen molar-refractivity contribution >= 4 is 12.4 Å². The van der Waals surface area contributed by atoms with Gasteiger partial charge in [-0.3, -0.25) is 0 Å². The van der Waals surface area contributed by atoms with E-state index in [4.69, 9.17) is 5.73 Å². The van der Waals surface area contributed by atoms with Crippen LogP contribution >= 0.6 is 7.14 Å². The first kappa shape index (κ1) is 17.2. The van der Waals surface area contributed by atoms with Crippen LogP contribution in [0.15, 0.2) is 66.7 Å². The molecule has 2 rings (SSSR count). The molecular weight excluding hydrogens is 280 g/mol. The van der Waals surface area contributed by atoms with Crippen LogP contribution < -0.4 is 11.0 Å². The van der Waals surface area contributed by atoms with Crippen LogP contribution in [-0.2, 0) is 23.1 Å². The van der Waals surface area contributed by atoms with Gasteiger partial charge in [-0.25, -0.2) is 0 Å². The number of rotatable bonds is 2. The van der Waals surface area contributed by atoms with Gasteiger partial charge in [-0.2, -0.15) is 0 Å². The van der Waals surface area contributed by atoms with Crippen LogP contribution in [-0.4, -0.2) is 13.0 Å². The van der Waals surface area contributed by atoms with Crippen molar-refractivity contribution < 1.29 is 23.1 Å². The second-order valence-corrected chi connectivity index (χ2v) is 6.86. The van der Waals surface area contributed by atoms with Gasteiger partial charge in [0, 0.05) is 23.9 Å². The minimum Gasteiger partial charge on any atom is -0.324 e. The fourth-order valence-electron chi connectivity index (χ4n) is 1.23. The number of hydrogen-bond donors (Lipinski definition) is 1. The van der Waals surface area contributed by atoms with Gasteiger partial charge in [0.05, 0.1) is 6.29 Å². The van der Waals surface area contributed by atoms with Gasteiger partial charge in [0.1, 0.15) is 7.14 Å². The molecule has 2 aromatic carbocycles. The van der Waals surface area contributed by atoms with E-state index in [0.29, 0.717) is 0 Å². The average molecular weight is 298 g/mol. The van der Waals surface area contributed by atoms with E-state index in [1.54, 1.807) is 6.66 Å². The topological polar surface area (TPSA) is 43.1 Å². The van der Waals surface area contributed by atoms with Crippen molar-refractivity contribution in [2.24, 2.45) is 5.73 Å². The Balaban J connectivity index is 0.000000352. The molecule has 0 saturated heterocycles. The van der Waals surface area contributed by atoms with Gasteiger partial charge in [-0.05, 0) is 6.66 Å². The van der Waals surface area contributed by atoms with Gasteiger partial charge in [0.2, 0.25) is 0 Å². The van der Waals surface area contributed by atoms with E-state index >= 15 is 0 Å². The van der Waals surface area contributed by atoms with Crippen molar-refractivity contribution in [3.63, 3.8) is 0 Å². The summed E-state index contributed by atoms with van der Waals surface area (Å²) in [6, 6.07) is 21.4. The normalized spacial score (nSPS) is 12.3. The van der Waals surface area contributed by atoms with E-state index in [0.717, 1.165) is 5.30 Å². The minimum atomic E-state index is -2.25. The number of benzene rings is 2. The van der Waals surface area contributed by atoms with Gasteiger partial charge >= 0.3 is 0 Å². The molecule has 0 aromatic heterocycles. The van der Waals surface area contributed by atoms with Gasteiger partial charge in [-0.15, -0.1) is 0 Å². The molecule has 2 nitrogen and oxygen atoms in total. The van der Waals surface area contributed by atoms with Crippen LogP contribution in [0.3, 0.4) is 0 Å². The van der Waals surface area contributed by atoms with Crippen molar-refractivity contribution in [3.8, 4) is 0 Å². The summed E-state index contributed by atoms with van der Waals surface area (Å²) in [4.78, 5) is 0. The van der Waals surface area contributed by atoms with E-state index in [2.05, 4.69) is 0 Å². The molecule has 0 aliphatic carbocycles. The second-order valence-electron chi connectivity index (χ2n) is 3.77. The third-order valence-electron chi connectivity index (χ3n) is 2.32. The van der Waals surface area contributed by atoms with Gasteiger partial charge < -0.3 is 10.3 Å². The molecule has 1 unspecified atom stereocenters. The number of hydrogen-bond acceptors (Lipinski definition) is 2. The van der Waals surface area contributed by atoms with Gasteiger partial charge in [0.15, 0.2) is 0 Å². The molecule has 1 atom stereocenters. The van der Waals surface area contributed by atoms with Crippen molar-refractivity contribution in [1.82, 2.24) is 0 Å². The molecule has 2 aromatic rings. The Morgan fingerprint density at radius 3 is 1.56 bits per heavy atom. The largest absolute Gasteiger partial charge is 0.324 e. The van der Waals surface area contributed by atoms with Crippen molar-refractivity contribution in [3.05, 3.63) is 66.7 Å². The Bertz CT molecular complexity index is 435. The first-order chi connectivity index (χ1) is 8.17. The summed E-state index contributed by atoms with van der Waals surface area (Å²) in [6.07, 6.45) is 0.247. The Morgan fingerprint density at radius 2 is 1.22 bits per heavy atom. The molecule has 0 bridgehead atoms. The zero-order valence-electron chi connectivity index (χ0n) is 10.4. The Kier molecular flexibility index (Phi) is 8.78. The fourth-order valence-corrected chi connectivity index (χ4v) is 2.25. The van der Waals surface area contributed by atoms with E-state index in [9.17, 15) is 4.57 Å².